The molecular weight excluding hydrogens is 231 g/mol. The summed E-state index contributed by atoms with van der Waals surface area (Å²) in [4.78, 5) is 12.2. The van der Waals surface area contributed by atoms with Crippen molar-refractivity contribution < 1.29 is 9.18 Å². The van der Waals surface area contributed by atoms with E-state index in [9.17, 15) is 9.18 Å². The number of anilines is 2. The number of carbonyl (C=O) groups excluding carboxylic acids is 1. The van der Waals surface area contributed by atoms with E-state index in [0.29, 0.717) is 5.69 Å². The van der Waals surface area contributed by atoms with Crippen LogP contribution in [-0.2, 0) is 4.79 Å². The first kappa shape index (κ1) is 12.9. The van der Waals surface area contributed by atoms with Crippen LogP contribution < -0.4 is 11.1 Å². The van der Waals surface area contributed by atoms with Crippen molar-refractivity contribution in [1.82, 2.24) is 0 Å². The summed E-state index contributed by atoms with van der Waals surface area (Å²) in [5, 5.41) is 2.77. The summed E-state index contributed by atoms with van der Waals surface area (Å²) in [7, 11) is 0. The molecule has 1 aliphatic rings. The molecule has 0 saturated heterocycles. The predicted molar refractivity (Wildman–Crippen MR) is 70.6 cm³/mol. The molecule has 3 N–H and O–H groups in total. The van der Waals surface area contributed by atoms with Gasteiger partial charge >= 0.3 is 0 Å². The molecule has 1 aliphatic carbocycles. The number of nitrogen functional groups attached to an aromatic ring is 1. The molecule has 1 atom stereocenters. The van der Waals surface area contributed by atoms with Crippen molar-refractivity contribution in [2.75, 3.05) is 11.1 Å². The lowest BCUT2D eigenvalue weighted by Crippen LogP contribution is -2.30. The van der Waals surface area contributed by atoms with E-state index in [1.54, 1.807) is 6.07 Å². The molecule has 1 amide bonds. The molecule has 1 aromatic carbocycles. The van der Waals surface area contributed by atoms with Gasteiger partial charge < -0.3 is 11.1 Å². The van der Waals surface area contributed by atoms with Crippen LogP contribution in [0.25, 0.3) is 0 Å². The van der Waals surface area contributed by atoms with E-state index in [-0.39, 0.29) is 22.9 Å². The molecule has 0 aromatic heterocycles. The number of halogens is 1. The predicted octanol–water partition coefficient (Wildman–Crippen LogP) is 3.17. The fourth-order valence-electron chi connectivity index (χ4n) is 2.65. The van der Waals surface area contributed by atoms with Crippen molar-refractivity contribution in [1.29, 1.82) is 0 Å². The maximum Gasteiger partial charge on any atom is 0.228 e. The van der Waals surface area contributed by atoms with E-state index >= 15 is 0 Å². The second-order valence-corrected chi connectivity index (χ2v) is 5.66. The molecule has 0 aliphatic heterocycles. The van der Waals surface area contributed by atoms with Crippen molar-refractivity contribution in [2.24, 2.45) is 11.3 Å². The number of amides is 1. The van der Waals surface area contributed by atoms with Crippen molar-refractivity contribution in [3.8, 4) is 0 Å². The quantitative estimate of drug-likeness (QED) is 0.792. The first-order valence-electron chi connectivity index (χ1n) is 6.26. The van der Waals surface area contributed by atoms with Gasteiger partial charge in [0.15, 0.2) is 0 Å². The zero-order valence-corrected chi connectivity index (χ0v) is 10.8. The van der Waals surface area contributed by atoms with Crippen molar-refractivity contribution >= 4 is 17.3 Å². The Morgan fingerprint density at radius 3 is 2.78 bits per heavy atom. The Morgan fingerprint density at radius 1 is 1.50 bits per heavy atom. The lowest BCUT2D eigenvalue weighted by atomic mass is 9.81. The van der Waals surface area contributed by atoms with E-state index in [1.165, 1.54) is 12.1 Å². The highest BCUT2D eigenvalue weighted by molar-refractivity contribution is 5.93. The lowest BCUT2D eigenvalue weighted by Gasteiger charge is -2.25. The number of carbonyl (C=O) groups is 1. The summed E-state index contributed by atoms with van der Waals surface area (Å²) in [5.74, 6) is -0.529. The van der Waals surface area contributed by atoms with Crippen molar-refractivity contribution in [2.45, 2.75) is 33.1 Å². The van der Waals surface area contributed by atoms with Crippen LogP contribution in [0.1, 0.15) is 33.1 Å². The van der Waals surface area contributed by atoms with Gasteiger partial charge in [0, 0.05) is 11.6 Å². The Labute approximate surface area is 107 Å². The summed E-state index contributed by atoms with van der Waals surface area (Å²) in [6, 6.07) is 4.35. The maximum atomic E-state index is 13.3. The van der Waals surface area contributed by atoms with Crippen LogP contribution in [0.5, 0.6) is 0 Å². The third-order valence-corrected chi connectivity index (χ3v) is 3.84. The van der Waals surface area contributed by atoms with Crippen LogP contribution >= 0.6 is 0 Å². The van der Waals surface area contributed by atoms with Gasteiger partial charge in [0.2, 0.25) is 5.91 Å². The highest BCUT2D eigenvalue weighted by Crippen LogP contribution is 2.43. The molecule has 1 saturated carbocycles. The SMILES string of the molecule is CC1(C)CCCC1C(=O)Nc1ccc(N)c(F)c1. The zero-order chi connectivity index (χ0) is 13.3. The van der Waals surface area contributed by atoms with Crippen LogP contribution in [0.3, 0.4) is 0 Å². The van der Waals surface area contributed by atoms with Gasteiger partial charge in [-0.1, -0.05) is 20.3 Å². The molecule has 2 rings (SSSR count). The molecule has 0 spiro atoms. The molecule has 0 radical (unpaired) electrons. The van der Waals surface area contributed by atoms with Crippen LogP contribution in [-0.4, -0.2) is 5.91 Å². The number of benzene rings is 1. The van der Waals surface area contributed by atoms with Crippen molar-refractivity contribution in [3.05, 3.63) is 24.0 Å². The third kappa shape index (κ3) is 2.47. The lowest BCUT2D eigenvalue weighted by molar-refractivity contribution is -0.122. The summed E-state index contributed by atoms with van der Waals surface area (Å²) >= 11 is 0. The number of nitrogens with one attached hydrogen (secondary N) is 1. The monoisotopic (exact) mass is 250 g/mol. The summed E-state index contributed by atoms with van der Waals surface area (Å²) in [6.07, 6.45) is 3.03. The summed E-state index contributed by atoms with van der Waals surface area (Å²) in [6.45, 7) is 4.21. The third-order valence-electron chi connectivity index (χ3n) is 3.84. The van der Waals surface area contributed by atoms with Gasteiger partial charge in [0.05, 0.1) is 5.69 Å². The zero-order valence-electron chi connectivity index (χ0n) is 10.8. The normalized spacial score (nSPS) is 21.8. The molecule has 18 heavy (non-hydrogen) atoms. The minimum Gasteiger partial charge on any atom is -0.396 e. The van der Waals surface area contributed by atoms with E-state index < -0.39 is 5.82 Å². The molecule has 1 aromatic rings. The Balaban J connectivity index is 2.09. The number of rotatable bonds is 2. The Kier molecular flexibility index (Phi) is 3.28. The smallest absolute Gasteiger partial charge is 0.228 e. The first-order chi connectivity index (χ1) is 8.40. The highest BCUT2D eigenvalue weighted by Gasteiger charge is 2.39. The molecule has 0 heterocycles. The average molecular weight is 250 g/mol. The molecular formula is C14H19FN2O. The Bertz CT molecular complexity index is 471. The fourth-order valence-corrected chi connectivity index (χ4v) is 2.65. The number of nitrogens with two attached hydrogens (primary N) is 1. The van der Waals surface area contributed by atoms with Gasteiger partial charge in [-0.15, -0.1) is 0 Å². The molecule has 4 heteroatoms. The summed E-state index contributed by atoms with van der Waals surface area (Å²) in [5.41, 5.74) is 5.98. The van der Waals surface area contributed by atoms with Crippen LogP contribution in [0.2, 0.25) is 0 Å². The van der Waals surface area contributed by atoms with Gasteiger partial charge in [-0.2, -0.15) is 0 Å². The highest BCUT2D eigenvalue weighted by atomic mass is 19.1. The van der Waals surface area contributed by atoms with Crippen molar-refractivity contribution in [3.63, 3.8) is 0 Å². The largest absolute Gasteiger partial charge is 0.396 e. The summed E-state index contributed by atoms with van der Waals surface area (Å²) < 4.78 is 13.3. The Morgan fingerprint density at radius 2 is 2.22 bits per heavy atom. The minimum atomic E-state index is -0.501. The van der Waals surface area contributed by atoms with Crippen LogP contribution in [0, 0.1) is 17.2 Å². The topological polar surface area (TPSA) is 55.1 Å². The second-order valence-electron chi connectivity index (χ2n) is 5.66. The minimum absolute atomic E-state index is 0.00175. The number of hydrogen-bond acceptors (Lipinski definition) is 2. The standard InChI is InChI=1S/C14H19FN2O/c1-14(2)7-3-4-10(14)13(18)17-9-5-6-12(16)11(15)8-9/h5-6,8,10H,3-4,7,16H2,1-2H3,(H,17,18). The maximum absolute atomic E-state index is 13.3. The van der Waals surface area contributed by atoms with E-state index in [2.05, 4.69) is 19.2 Å². The van der Waals surface area contributed by atoms with Crippen LogP contribution in [0.15, 0.2) is 18.2 Å². The Hall–Kier alpha value is -1.58. The van der Waals surface area contributed by atoms with Gasteiger partial charge in [0.1, 0.15) is 5.82 Å². The van der Waals surface area contributed by atoms with Gasteiger partial charge in [-0.3, -0.25) is 4.79 Å². The van der Waals surface area contributed by atoms with Gasteiger partial charge in [0.25, 0.3) is 0 Å². The first-order valence-corrected chi connectivity index (χ1v) is 6.26. The molecule has 3 nitrogen and oxygen atoms in total. The second kappa shape index (κ2) is 4.59. The molecule has 0 bridgehead atoms. The van der Waals surface area contributed by atoms with E-state index in [0.717, 1.165) is 19.3 Å². The van der Waals surface area contributed by atoms with E-state index in [4.69, 9.17) is 5.73 Å². The van der Waals surface area contributed by atoms with E-state index in [1.807, 2.05) is 0 Å². The van der Waals surface area contributed by atoms with Crippen LogP contribution in [0.4, 0.5) is 15.8 Å². The molecule has 98 valence electrons. The fraction of sp³-hybridized carbons (Fsp3) is 0.500. The molecule has 1 fully saturated rings. The van der Waals surface area contributed by atoms with Gasteiger partial charge in [-0.05, 0) is 36.5 Å². The average Bonchev–Trinajstić information content (AvgIpc) is 2.63. The number of hydrogen-bond donors (Lipinski definition) is 2. The molecule has 1 unspecified atom stereocenters. The van der Waals surface area contributed by atoms with Gasteiger partial charge in [-0.25, -0.2) is 4.39 Å².